The third-order valence-electron chi connectivity index (χ3n) is 2.60. The van der Waals surface area contributed by atoms with Crippen molar-refractivity contribution in [3.63, 3.8) is 0 Å². The Morgan fingerprint density at radius 1 is 1.26 bits per heavy atom. The van der Waals surface area contributed by atoms with Crippen molar-refractivity contribution in [1.82, 2.24) is 5.32 Å². The Bertz CT molecular complexity index is 431. The fraction of sp³-hybridized carbons (Fsp3) is 0.438. The largest absolute Gasteiger partial charge is 0.461 e. The van der Waals surface area contributed by atoms with Crippen LogP contribution in [0.15, 0.2) is 42.0 Å². The molecule has 0 spiro atoms. The Morgan fingerprint density at radius 2 is 1.89 bits per heavy atom. The first-order valence-corrected chi connectivity index (χ1v) is 6.50. The lowest BCUT2D eigenvalue weighted by atomic mass is 10.1. The van der Waals surface area contributed by atoms with Gasteiger partial charge in [0, 0.05) is 18.2 Å². The molecule has 0 aromatic heterocycles. The van der Waals surface area contributed by atoms with Crippen molar-refractivity contribution in [2.75, 3.05) is 6.61 Å². The smallest absolute Gasteiger partial charge is 0.330 e. The molecule has 0 amide bonds. The zero-order chi connectivity index (χ0) is 14.3. The molecule has 104 valence electrons. The molecule has 0 atom stereocenters. The van der Waals surface area contributed by atoms with Crippen LogP contribution in [-0.4, -0.2) is 18.1 Å². The van der Waals surface area contributed by atoms with E-state index in [1.54, 1.807) is 0 Å². The van der Waals surface area contributed by atoms with Gasteiger partial charge < -0.3 is 10.1 Å². The van der Waals surface area contributed by atoms with Crippen LogP contribution in [0, 0.1) is 0 Å². The van der Waals surface area contributed by atoms with Gasteiger partial charge in [-0.2, -0.15) is 0 Å². The van der Waals surface area contributed by atoms with Crippen LogP contribution in [0.5, 0.6) is 0 Å². The quantitative estimate of drug-likeness (QED) is 0.632. The number of benzene rings is 1. The normalized spacial score (nSPS) is 10.9. The van der Waals surface area contributed by atoms with Crippen molar-refractivity contribution in [2.24, 2.45) is 0 Å². The highest BCUT2D eigenvalue weighted by atomic mass is 16.5. The maximum atomic E-state index is 11.4. The van der Waals surface area contributed by atoms with Crippen LogP contribution in [0.4, 0.5) is 0 Å². The fourth-order valence-corrected chi connectivity index (χ4v) is 1.52. The van der Waals surface area contributed by atoms with E-state index in [9.17, 15) is 4.79 Å². The molecule has 3 heteroatoms. The summed E-state index contributed by atoms with van der Waals surface area (Å²) in [5.41, 5.74) is 1.91. The fourth-order valence-electron chi connectivity index (χ4n) is 1.52. The van der Waals surface area contributed by atoms with Crippen molar-refractivity contribution in [2.45, 2.75) is 39.8 Å². The van der Waals surface area contributed by atoms with Gasteiger partial charge in [0.25, 0.3) is 0 Å². The number of allylic oxidation sites excluding steroid dienone is 1. The van der Waals surface area contributed by atoms with Crippen molar-refractivity contribution in [3.05, 3.63) is 47.5 Å². The Labute approximate surface area is 115 Å². The molecular formula is C16H23NO2. The van der Waals surface area contributed by atoms with Gasteiger partial charge in [0.2, 0.25) is 0 Å². The molecule has 1 aromatic rings. The number of hydrogen-bond acceptors (Lipinski definition) is 3. The van der Waals surface area contributed by atoms with Gasteiger partial charge in [-0.3, -0.25) is 0 Å². The molecule has 0 aliphatic rings. The number of nitrogens with one attached hydrogen (secondary N) is 1. The molecule has 0 aliphatic heterocycles. The van der Waals surface area contributed by atoms with Gasteiger partial charge in [0.15, 0.2) is 0 Å². The lowest BCUT2D eigenvalue weighted by Crippen LogP contribution is -2.43. The lowest BCUT2D eigenvalue weighted by Gasteiger charge is -2.25. The minimum atomic E-state index is -0.283. The monoisotopic (exact) mass is 261 g/mol. The summed E-state index contributed by atoms with van der Waals surface area (Å²) in [5, 5.41) is 3.39. The van der Waals surface area contributed by atoms with E-state index < -0.39 is 0 Å². The minimum Gasteiger partial charge on any atom is -0.461 e. The van der Waals surface area contributed by atoms with Crippen molar-refractivity contribution < 1.29 is 9.53 Å². The summed E-state index contributed by atoms with van der Waals surface area (Å²) in [6.45, 7) is 8.90. The Balaban J connectivity index is 2.39. The van der Waals surface area contributed by atoms with Crippen molar-refractivity contribution in [1.29, 1.82) is 0 Å². The molecule has 0 unspecified atom stereocenters. The van der Waals surface area contributed by atoms with E-state index in [0.29, 0.717) is 6.61 Å². The molecule has 0 saturated heterocycles. The average Bonchev–Trinajstić information content (AvgIpc) is 2.35. The van der Waals surface area contributed by atoms with Crippen molar-refractivity contribution >= 4 is 5.97 Å². The predicted molar refractivity (Wildman–Crippen MR) is 77.8 cm³/mol. The van der Waals surface area contributed by atoms with Gasteiger partial charge in [0.1, 0.15) is 6.61 Å². The first kappa shape index (κ1) is 15.4. The molecular weight excluding hydrogens is 238 g/mol. The number of hydrogen-bond donors (Lipinski definition) is 1. The molecule has 0 saturated carbocycles. The Kier molecular flexibility index (Phi) is 5.77. The van der Waals surface area contributed by atoms with E-state index in [1.807, 2.05) is 45.9 Å². The third kappa shape index (κ3) is 6.77. The highest BCUT2D eigenvalue weighted by Gasteiger charge is 2.18. The topological polar surface area (TPSA) is 38.3 Å². The third-order valence-corrected chi connectivity index (χ3v) is 2.60. The molecule has 3 nitrogen and oxygen atoms in total. The zero-order valence-corrected chi connectivity index (χ0v) is 12.2. The molecule has 0 fully saturated rings. The number of carbonyl (C=O) groups excluding carboxylic acids is 1. The summed E-state index contributed by atoms with van der Waals surface area (Å²) >= 11 is 0. The Morgan fingerprint density at radius 3 is 2.47 bits per heavy atom. The first-order valence-electron chi connectivity index (χ1n) is 6.50. The van der Waals surface area contributed by atoms with E-state index in [-0.39, 0.29) is 11.5 Å². The van der Waals surface area contributed by atoms with Gasteiger partial charge in [-0.1, -0.05) is 35.9 Å². The number of ether oxygens (including phenoxy) is 1. The van der Waals surface area contributed by atoms with Crippen LogP contribution in [-0.2, 0) is 16.1 Å². The number of esters is 1. The Hall–Kier alpha value is -1.61. The van der Waals surface area contributed by atoms with Gasteiger partial charge in [-0.25, -0.2) is 4.79 Å². The maximum Gasteiger partial charge on any atom is 0.330 e. The van der Waals surface area contributed by atoms with Crippen LogP contribution in [0.25, 0.3) is 0 Å². The molecule has 0 radical (unpaired) electrons. The van der Waals surface area contributed by atoms with Crippen LogP contribution in [0.3, 0.4) is 0 Å². The standard InChI is InChI=1S/C16H23NO2/c1-13(2)10-15(18)19-12-16(3,4)17-11-14-8-6-5-7-9-14/h5-10,17H,11-12H2,1-4H3. The molecule has 0 heterocycles. The van der Waals surface area contributed by atoms with Gasteiger partial charge in [0.05, 0.1) is 0 Å². The van der Waals surface area contributed by atoms with Gasteiger partial charge in [-0.15, -0.1) is 0 Å². The average molecular weight is 261 g/mol. The summed E-state index contributed by atoms with van der Waals surface area (Å²) in [6, 6.07) is 10.2. The summed E-state index contributed by atoms with van der Waals surface area (Å²) < 4.78 is 5.23. The van der Waals surface area contributed by atoms with Crippen LogP contribution in [0.2, 0.25) is 0 Å². The minimum absolute atomic E-state index is 0.249. The molecule has 1 N–H and O–H groups in total. The SMILES string of the molecule is CC(C)=CC(=O)OCC(C)(C)NCc1ccccc1. The zero-order valence-electron chi connectivity index (χ0n) is 12.2. The van der Waals surface area contributed by atoms with Crippen LogP contribution >= 0.6 is 0 Å². The highest BCUT2D eigenvalue weighted by molar-refractivity contribution is 5.82. The number of rotatable bonds is 6. The van der Waals surface area contributed by atoms with E-state index in [2.05, 4.69) is 17.4 Å². The van der Waals surface area contributed by atoms with E-state index >= 15 is 0 Å². The first-order chi connectivity index (χ1) is 8.89. The summed E-state index contributed by atoms with van der Waals surface area (Å²) in [5.74, 6) is -0.283. The summed E-state index contributed by atoms with van der Waals surface area (Å²) in [4.78, 5) is 11.4. The lowest BCUT2D eigenvalue weighted by molar-refractivity contribution is -0.139. The molecule has 1 aromatic carbocycles. The predicted octanol–water partition coefficient (Wildman–Crippen LogP) is 3.06. The second-order valence-electron chi connectivity index (χ2n) is 5.55. The summed E-state index contributed by atoms with van der Waals surface area (Å²) in [6.07, 6.45) is 1.51. The van der Waals surface area contributed by atoms with E-state index in [1.165, 1.54) is 11.6 Å². The number of carbonyl (C=O) groups is 1. The van der Waals surface area contributed by atoms with Crippen molar-refractivity contribution in [3.8, 4) is 0 Å². The maximum absolute atomic E-state index is 11.4. The van der Waals surface area contributed by atoms with Gasteiger partial charge in [-0.05, 0) is 33.3 Å². The second-order valence-corrected chi connectivity index (χ2v) is 5.55. The molecule has 19 heavy (non-hydrogen) atoms. The second kappa shape index (κ2) is 7.10. The molecule has 0 bridgehead atoms. The highest BCUT2D eigenvalue weighted by Crippen LogP contribution is 2.07. The van der Waals surface area contributed by atoms with E-state index in [0.717, 1.165) is 12.1 Å². The van der Waals surface area contributed by atoms with Crippen LogP contribution in [0.1, 0.15) is 33.3 Å². The molecule has 0 aliphatic carbocycles. The van der Waals surface area contributed by atoms with Gasteiger partial charge >= 0.3 is 5.97 Å². The van der Waals surface area contributed by atoms with E-state index in [4.69, 9.17) is 4.74 Å². The molecule has 1 rings (SSSR count). The van der Waals surface area contributed by atoms with Crippen LogP contribution < -0.4 is 5.32 Å². The summed E-state index contributed by atoms with van der Waals surface area (Å²) in [7, 11) is 0.